The number of ether oxygens (including phenoxy) is 1. The van der Waals surface area contributed by atoms with Crippen LogP contribution in [0, 0.1) is 20.8 Å². The molecule has 3 heterocycles. The Balaban J connectivity index is 1.47. The summed E-state index contributed by atoms with van der Waals surface area (Å²) in [6, 6.07) is 19.4. The minimum absolute atomic E-state index is 0.0541. The lowest BCUT2D eigenvalue weighted by molar-refractivity contribution is 0.415. The first-order valence-electron chi connectivity index (χ1n) is 11.6. The van der Waals surface area contributed by atoms with Gasteiger partial charge in [0.15, 0.2) is 5.17 Å². The second-order valence-electron chi connectivity index (χ2n) is 8.60. The number of hydrazone groups is 1. The molecule has 0 bridgehead atoms. The van der Waals surface area contributed by atoms with Crippen LogP contribution < -0.4 is 15.7 Å². The zero-order valence-electron chi connectivity index (χ0n) is 20.9. The van der Waals surface area contributed by atoms with Gasteiger partial charge in [0.25, 0.3) is 5.56 Å². The van der Waals surface area contributed by atoms with Gasteiger partial charge in [-0.25, -0.2) is 9.67 Å². The average molecular weight is 501 g/mol. The van der Waals surface area contributed by atoms with Crippen molar-refractivity contribution in [1.82, 2.24) is 19.4 Å². The second kappa shape index (κ2) is 9.58. The third-order valence-corrected chi connectivity index (χ3v) is 7.30. The van der Waals surface area contributed by atoms with Gasteiger partial charge in [0.2, 0.25) is 0 Å². The molecular formula is C27H28N6O2S. The Morgan fingerprint density at radius 1 is 1.03 bits per heavy atom. The molecule has 1 N–H and O–H groups in total. The van der Waals surface area contributed by atoms with Gasteiger partial charge in [0, 0.05) is 29.8 Å². The number of nitrogens with one attached hydrogen (secondary N) is 1. The lowest BCUT2D eigenvalue weighted by Gasteiger charge is -2.15. The molecule has 5 rings (SSSR count). The number of amidine groups is 1. The first-order valence-corrected chi connectivity index (χ1v) is 12.6. The van der Waals surface area contributed by atoms with Crippen LogP contribution in [0.4, 0.5) is 5.69 Å². The van der Waals surface area contributed by atoms with Crippen molar-refractivity contribution < 1.29 is 4.74 Å². The van der Waals surface area contributed by atoms with E-state index >= 15 is 0 Å². The predicted molar refractivity (Wildman–Crippen MR) is 147 cm³/mol. The van der Waals surface area contributed by atoms with Gasteiger partial charge in [-0.1, -0.05) is 30.0 Å². The van der Waals surface area contributed by atoms with Gasteiger partial charge >= 0.3 is 0 Å². The van der Waals surface area contributed by atoms with E-state index in [1.165, 1.54) is 0 Å². The van der Waals surface area contributed by atoms with Gasteiger partial charge < -0.3 is 9.30 Å². The molecular weight excluding hydrogens is 472 g/mol. The first kappa shape index (κ1) is 23.7. The summed E-state index contributed by atoms with van der Waals surface area (Å²) in [6.45, 7) is 6.04. The fourth-order valence-corrected chi connectivity index (χ4v) is 5.27. The molecule has 9 heteroatoms. The number of thioether (sulfide) groups is 1. The average Bonchev–Trinajstić information content (AvgIpc) is 3.30. The van der Waals surface area contributed by atoms with Crippen LogP contribution in [-0.4, -0.2) is 37.7 Å². The highest BCUT2D eigenvalue weighted by Crippen LogP contribution is 2.26. The van der Waals surface area contributed by atoms with Gasteiger partial charge in [0.1, 0.15) is 11.4 Å². The highest BCUT2D eigenvalue weighted by Gasteiger charge is 2.24. The molecule has 2 aromatic carbocycles. The summed E-state index contributed by atoms with van der Waals surface area (Å²) in [7, 11) is 3.56. The molecule has 0 saturated carbocycles. The number of hydrogen-bond donors (Lipinski definition) is 1. The molecule has 0 fully saturated rings. The van der Waals surface area contributed by atoms with Crippen LogP contribution >= 0.6 is 11.8 Å². The Labute approximate surface area is 213 Å². The fourth-order valence-electron chi connectivity index (χ4n) is 4.50. The maximum atomic E-state index is 13.6. The van der Waals surface area contributed by atoms with Crippen molar-refractivity contribution in [3.63, 3.8) is 0 Å². The largest absolute Gasteiger partial charge is 0.497 e. The Morgan fingerprint density at radius 3 is 2.39 bits per heavy atom. The Hall–Kier alpha value is -3.98. The number of para-hydroxylation sites is 1. The van der Waals surface area contributed by atoms with E-state index in [0.29, 0.717) is 11.4 Å². The van der Waals surface area contributed by atoms with Crippen molar-refractivity contribution in [2.75, 3.05) is 12.9 Å². The Bertz CT molecular complexity index is 1540. The quantitative estimate of drug-likeness (QED) is 0.434. The van der Waals surface area contributed by atoms with Crippen LogP contribution in [-0.2, 0) is 7.05 Å². The van der Waals surface area contributed by atoms with Gasteiger partial charge in [-0.15, -0.1) is 0 Å². The number of hydrogen-bond acceptors (Lipinski definition) is 5. The third-order valence-electron chi connectivity index (χ3n) is 6.42. The minimum atomic E-state index is -0.0541. The van der Waals surface area contributed by atoms with Crippen molar-refractivity contribution in [1.29, 1.82) is 0 Å². The third kappa shape index (κ3) is 4.15. The number of aryl methyl sites for hydroxylation is 1. The predicted octanol–water partition coefficient (Wildman–Crippen LogP) is 4.63. The highest BCUT2D eigenvalue weighted by molar-refractivity contribution is 8.14. The molecule has 8 nitrogen and oxygen atoms in total. The molecule has 0 spiro atoms. The number of methoxy groups -OCH3 is 1. The fraction of sp³-hybridized carbons (Fsp3) is 0.222. The van der Waals surface area contributed by atoms with E-state index in [2.05, 4.69) is 21.6 Å². The first-order chi connectivity index (χ1) is 17.4. The van der Waals surface area contributed by atoms with E-state index in [4.69, 9.17) is 4.74 Å². The molecule has 0 atom stereocenters. The van der Waals surface area contributed by atoms with Crippen molar-refractivity contribution in [2.24, 2.45) is 17.1 Å². The van der Waals surface area contributed by atoms with Gasteiger partial charge in [0.05, 0.1) is 29.9 Å². The molecule has 1 aliphatic heterocycles. The van der Waals surface area contributed by atoms with Gasteiger partial charge in [-0.3, -0.25) is 14.9 Å². The zero-order chi connectivity index (χ0) is 25.4. The van der Waals surface area contributed by atoms with E-state index in [-0.39, 0.29) is 5.56 Å². The van der Waals surface area contributed by atoms with Crippen LogP contribution in [0.25, 0.3) is 11.4 Å². The Kier molecular flexibility index (Phi) is 6.32. The summed E-state index contributed by atoms with van der Waals surface area (Å²) in [5, 5.41) is 5.36. The van der Waals surface area contributed by atoms with Crippen molar-refractivity contribution in [3.05, 3.63) is 93.7 Å². The lowest BCUT2D eigenvalue weighted by atomic mass is 10.1. The summed E-state index contributed by atoms with van der Waals surface area (Å²) in [5.41, 5.74) is 10.2. The summed E-state index contributed by atoms with van der Waals surface area (Å²) in [4.78, 5) is 18.2. The van der Waals surface area contributed by atoms with Crippen molar-refractivity contribution in [2.45, 2.75) is 20.8 Å². The molecule has 36 heavy (non-hydrogen) atoms. The SMILES string of the molecule is COc1ccc(N=C2NN=C(c3cc(C)n(-c4c(C)n(C)n(-c5ccccc5)c4=O)c3C)CS2)cc1. The Morgan fingerprint density at radius 2 is 1.75 bits per heavy atom. The topological polar surface area (TPSA) is 77.8 Å². The number of rotatable bonds is 5. The maximum Gasteiger partial charge on any atom is 0.295 e. The van der Waals surface area contributed by atoms with Crippen LogP contribution in [0.5, 0.6) is 5.75 Å². The van der Waals surface area contributed by atoms with Gasteiger partial charge in [-0.05, 0) is 63.2 Å². The normalized spacial score (nSPS) is 14.6. The summed E-state index contributed by atoms with van der Waals surface area (Å²) < 4.78 is 10.9. The molecule has 0 aliphatic carbocycles. The van der Waals surface area contributed by atoms with Gasteiger partial charge in [-0.2, -0.15) is 5.10 Å². The monoisotopic (exact) mass is 500 g/mol. The number of benzene rings is 2. The summed E-state index contributed by atoms with van der Waals surface area (Å²) in [6.07, 6.45) is 0. The highest BCUT2D eigenvalue weighted by atomic mass is 32.2. The van der Waals surface area contributed by atoms with Crippen LogP contribution in [0.1, 0.15) is 22.6 Å². The number of aromatic nitrogens is 3. The minimum Gasteiger partial charge on any atom is -0.497 e. The van der Waals surface area contributed by atoms with Crippen LogP contribution in [0.15, 0.2) is 75.6 Å². The molecule has 4 aromatic rings. The molecule has 2 aromatic heterocycles. The smallest absolute Gasteiger partial charge is 0.295 e. The summed E-state index contributed by atoms with van der Waals surface area (Å²) >= 11 is 1.60. The number of aliphatic imine (C=N–C) groups is 1. The van der Waals surface area contributed by atoms with E-state index < -0.39 is 0 Å². The van der Waals surface area contributed by atoms with E-state index in [0.717, 1.165) is 50.6 Å². The van der Waals surface area contributed by atoms with Crippen molar-refractivity contribution >= 4 is 28.3 Å². The van der Waals surface area contributed by atoms with E-state index in [1.54, 1.807) is 23.6 Å². The second-order valence-corrected chi connectivity index (χ2v) is 9.57. The molecule has 1 aliphatic rings. The molecule has 0 radical (unpaired) electrons. The maximum absolute atomic E-state index is 13.6. The van der Waals surface area contributed by atoms with E-state index in [1.807, 2.05) is 91.7 Å². The summed E-state index contributed by atoms with van der Waals surface area (Å²) in [5.74, 6) is 1.47. The molecule has 0 saturated heterocycles. The van der Waals surface area contributed by atoms with Crippen molar-refractivity contribution in [3.8, 4) is 17.1 Å². The molecule has 0 unspecified atom stereocenters. The standard InChI is InChI=1S/C27H28N6O2S/c1-17-15-23(24-16-36-27(30-29-24)28-20-11-13-22(35-5)14-12-20)18(2)32(17)25-19(3)31(4)33(26(25)34)21-9-7-6-8-10-21/h6-15H,16H2,1-5H3,(H,28,30). The lowest BCUT2D eigenvalue weighted by Crippen LogP contribution is -2.25. The molecule has 184 valence electrons. The van der Waals surface area contributed by atoms with E-state index in [9.17, 15) is 4.79 Å². The van der Waals surface area contributed by atoms with Crippen LogP contribution in [0.3, 0.4) is 0 Å². The van der Waals surface area contributed by atoms with Crippen LogP contribution in [0.2, 0.25) is 0 Å². The molecule has 0 amide bonds. The number of nitrogens with zero attached hydrogens (tertiary/aromatic N) is 5. The zero-order valence-corrected chi connectivity index (χ0v) is 21.8.